The first-order valence-electron chi connectivity index (χ1n) is 7.48. The van der Waals surface area contributed by atoms with E-state index in [1.54, 1.807) is 6.07 Å². The lowest BCUT2D eigenvalue weighted by Crippen LogP contribution is -2.37. The number of halogens is 3. The quantitative estimate of drug-likeness (QED) is 0.901. The smallest absolute Gasteiger partial charge is 0.395 e. The summed E-state index contributed by atoms with van der Waals surface area (Å²) >= 11 is 0. The maximum absolute atomic E-state index is 12.7. The number of alkyl halides is 3. The number of benzene rings is 1. The Kier molecular flexibility index (Phi) is 5.65. The van der Waals surface area contributed by atoms with Crippen molar-refractivity contribution < 1.29 is 18.3 Å². The van der Waals surface area contributed by atoms with Gasteiger partial charge < -0.3 is 10.0 Å². The molecular weight excluding hydrogens is 279 g/mol. The summed E-state index contributed by atoms with van der Waals surface area (Å²) in [6.45, 7) is 2.82. The molecular formula is C16H22F3NO. The Morgan fingerprint density at radius 2 is 2.10 bits per heavy atom. The number of nitrogens with zero attached hydrogens (tertiary/aromatic N) is 1. The van der Waals surface area contributed by atoms with Crippen molar-refractivity contribution in [3.8, 4) is 0 Å². The number of hydrogen-bond donors (Lipinski definition) is 1. The molecule has 1 aliphatic rings. The summed E-state index contributed by atoms with van der Waals surface area (Å²) in [4.78, 5) is 2.24. The molecule has 5 heteroatoms. The number of aryl methyl sites for hydroxylation is 1. The molecule has 1 unspecified atom stereocenters. The number of likely N-dealkylation sites (tertiary alicyclic amines) is 1. The maximum Gasteiger partial charge on any atom is 0.416 e. The molecule has 0 radical (unpaired) electrons. The Bertz CT molecular complexity index is 445. The second kappa shape index (κ2) is 7.27. The topological polar surface area (TPSA) is 23.5 Å². The Morgan fingerprint density at radius 1 is 1.29 bits per heavy atom. The fourth-order valence-electron chi connectivity index (χ4n) is 3.01. The number of aliphatic hydroxyl groups excluding tert-OH is 1. The van der Waals surface area contributed by atoms with Gasteiger partial charge in [-0.3, -0.25) is 0 Å². The molecule has 0 saturated carbocycles. The second-order valence-corrected chi connectivity index (χ2v) is 5.77. The van der Waals surface area contributed by atoms with Crippen molar-refractivity contribution in [2.75, 3.05) is 26.2 Å². The minimum Gasteiger partial charge on any atom is -0.395 e. The average molecular weight is 301 g/mol. The van der Waals surface area contributed by atoms with E-state index in [0.29, 0.717) is 18.9 Å². The van der Waals surface area contributed by atoms with E-state index in [4.69, 9.17) is 5.11 Å². The van der Waals surface area contributed by atoms with Crippen LogP contribution in [0.2, 0.25) is 0 Å². The van der Waals surface area contributed by atoms with E-state index >= 15 is 0 Å². The van der Waals surface area contributed by atoms with Crippen molar-refractivity contribution in [3.63, 3.8) is 0 Å². The second-order valence-electron chi connectivity index (χ2n) is 5.77. The van der Waals surface area contributed by atoms with Gasteiger partial charge in [-0.2, -0.15) is 13.2 Å². The van der Waals surface area contributed by atoms with Crippen LogP contribution >= 0.6 is 0 Å². The Balaban J connectivity index is 1.88. The molecule has 1 fully saturated rings. The fraction of sp³-hybridized carbons (Fsp3) is 0.625. The molecule has 1 aromatic carbocycles. The molecule has 0 spiro atoms. The SMILES string of the molecule is OCCN1CCCC(CCc2cccc(C(F)(F)F)c2)C1. The van der Waals surface area contributed by atoms with E-state index in [1.165, 1.54) is 12.1 Å². The van der Waals surface area contributed by atoms with Gasteiger partial charge in [-0.05, 0) is 49.8 Å². The van der Waals surface area contributed by atoms with Crippen molar-refractivity contribution in [2.24, 2.45) is 5.92 Å². The van der Waals surface area contributed by atoms with E-state index < -0.39 is 11.7 Å². The van der Waals surface area contributed by atoms with E-state index in [9.17, 15) is 13.2 Å². The lowest BCUT2D eigenvalue weighted by molar-refractivity contribution is -0.137. The monoisotopic (exact) mass is 301 g/mol. The van der Waals surface area contributed by atoms with Crippen LogP contribution in [0.5, 0.6) is 0 Å². The van der Waals surface area contributed by atoms with Gasteiger partial charge in [0.1, 0.15) is 0 Å². The zero-order chi connectivity index (χ0) is 15.3. The predicted molar refractivity (Wildman–Crippen MR) is 76.0 cm³/mol. The summed E-state index contributed by atoms with van der Waals surface area (Å²) in [6, 6.07) is 5.63. The highest BCUT2D eigenvalue weighted by Crippen LogP contribution is 2.30. The first-order valence-corrected chi connectivity index (χ1v) is 7.48. The molecule has 1 aromatic rings. The van der Waals surface area contributed by atoms with Gasteiger partial charge in [0.05, 0.1) is 12.2 Å². The van der Waals surface area contributed by atoms with Crippen LogP contribution in [0.4, 0.5) is 13.2 Å². The maximum atomic E-state index is 12.7. The summed E-state index contributed by atoms with van der Waals surface area (Å²) in [5, 5.41) is 8.97. The molecule has 118 valence electrons. The van der Waals surface area contributed by atoms with E-state index in [-0.39, 0.29) is 6.61 Å². The Morgan fingerprint density at radius 3 is 2.81 bits per heavy atom. The normalized spacial score (nSPS) is 20.7. The van der Waals surface area contributed by atoms with Crippen molar-refractivity contribution in [2.45, 2.75) is 31.9 Å². The Hall–Kier alpha value is -1.07. The molecule has 1 heterocycles. The number of aliphatic hydroxyl groups is 1. The minimum absolute atomic E-state index is 0.167. The van der Waals surface area contributed by atoms with Gasteiger partial charge in [0.15, 0.2) is 0 Å². The third-order valence-electron chi connectivity index (χ3n) is 4.11. The summed E-state index contributed by atoms with van der Waals surface area (Å²) < 4.78 is 38.0. The fourth-order valence-corrected chi connectivity index (χ4v) is 3.01. The van der Waals surface area contributed by atoms with Crippen LogP contribution in [-0.4, -0.2) is 36.2 Å². The van der Waals surface area contributed by atoms with Crippen LogP contribution in [0.25, 0.3) is 0 Å². The molecule has 0 aromatic heterocycles. The molecule has 1 aliphatic heterocycles. The van der Waals surface area contributed by atoms with E-state index in [1.807, 2.05) is 0 Å². The average Bonchev–Trinajstić information content (AvgIpc) is 2.45. The van der Waals surface area contributed by atoms with Crippen LogP contribution in [0.1, 0.15) is 30.4 Å². The summed E-state index contributed by atoms with van der Waals surface area (Å²) in [5.74, 6) is 0.514. The van der Waals surface area contributed by atoms with Gasteiger partial charge in [0, 0.05) is 13.1 Å². The number of rotatable bonds is 5. The number of hydrogen-bond acceptors (Lipinski definition) is 2. The highest BCUT2D eigenvalue weighted by molar-refractivity contribution is 5.25. The molecule has 21 heavy (non-hydrogen) atoms. The van der Waals surface area contributed by atoms with Crippen molar-refractivity contribution in [1.29, 1.82) is 0 Å². The summed E-state index contributed by atoms with van der Waals surface area (Å²) in [5.41, 5.74) is 0.189. The first kappa shape index (κ1) is 16.3. The van der Waals surface area contributed by atoms with Crippen molar-refractivity contribution in [1.82, 2.24) is 4.90 Å². The van der Waals surface area contributed by atoms with Crippen LogP contribution in [0.15, 0.2) is 24.3 Å². The van der Waals surface area contributed by atoms with Crippen LogP contribution in [-0.2, 0) is 12.6 Å². The number of piperidine rings is 1. The lowest BCUT2D eigenvalue weighted by atomic mass is 9.91. The largest absolute Gasteiger partial charge is 0.416 e. The number of β-amino-alcohol motifs (C(OH)–C–C–N with tert-alkyl or cyclic N) is 1. The Labute approximate surface area is 123 Å². The van der Waals surface area contributed by atoms with Gasteiger partial charge in [-0.1, -0.05) is 18.2 Å². The molecule has 0 bridgehead atoms. The standard InChI is InChI=1S/C16H22F3NO/c17-16(18,19)15-5-1-3-13(11-15)6-7-14-4-2-8-20(12-14)9-10-21/h1,3,5,11,14,21H,2,4,6-10,12H2. The molecule has 1 atom stereocenters. The third-order valence-corrected chi connectivity index (χ3v) is 4.11. The molecule has 0 aliphatic carbocycles. The van der Waals surface area contributed by atoms with E-state index in [0.717, 1.165) is 44.0 Å². The summed E-state index contributed by atoms with van der Waals surface area (Å²) in [7, 11) is 0. The summed E-state index contributed by atoms with van der Waals surface area (Å²) in [6.07, 6.45) is -0.447. The zero-order valence-electron chi connectivity index (χ0n) is 12.1. The van der Waals surface area contributed by atoms with Gasteiger partial charge in [-0.15, -0.1) is 0 Å². The van der Waals surface area contributed by atoms with Gasteiger partial charge >= 0.3 is 6.18 Å². The molecule has 1 N–H and O–H groups in total. The van der Waals surface area contributed by atoms with Crippen molar-refractivity contribution >= 4 is 0 Å². The van der Waals surface area contributed by atoms with Gasteiger partial charge in [0.25, 0.3) is 0 Å². The van der Waals surface area contributed by atoms with Crippen LogP contribution in [0.3, 0.4) is 0 Å². The molecule has 2 rings (SSSR count). The van der Waals surface area contributed by atoms with Crippen LogP contribution < -0.4 is 0 Å². The third kappa shape index (κ3) is 5.00. The zero-order valence-corrected chi connectivity index (χ0v) is 12.1. The molecule has 1 saturated heterocycles. The van der Waals surface area contributed by atoms with Gasteiger partial charge in [0.2, 0.25) is 0 Å². The van der Waals surface area contributed by atoms with Gasteiger partial charge in [-0.25, -0.2) is 0 Å². The van der Waals surface area contributed by atoms with Crippen LogP contribution in [0, 0.1) is 5.92 Å². The van der Waals surface area contributed by atoms with Crippen molar-refractivity contribution in [3.05, 3.63) is 35.4 Å². The minimum atomic E-state index is -4.27. The highest BCUT2D eigenvalue weighted by atomic mass is 19.4. The molecule has 0 amide bonds. The predicted octanol–water partition coefficient (Wildman–Crippen LogP) is 3.34. The lowest BCUT2D eigenvalue weighted by Gasteiger charge is -2.32. The highest BCUT2D eigenvalue weighted by Gasteiger charge is 2.30. The van der Waals surface area contributed by atoms with E-state index in [2.05, 4.69) is 4.90 Å². The first-order chi connectivity index (χ1) is 9.99. The molecule has 2 nitrogen and oxygen atoms in total.